The number of hydrogen-bond acceptors (Lipinski definition) is 3. The van der Waals surface area contributed by atoms with E-state index >= 15 is 0 Å². The number of nitrogens with zero attached hydrogens (tertiary/aromatic N) is 2. The van der Waals surface area contributed by atoms with Crippen molar-refractivity contribution in [3.63, 3.8) is 0 Å². The lowest BCUT2D eigenvalue weighted by atomic mass is 9.75. The Hall–Kier alpha value is -3.11. The summed E-state index contributed by atoms with van der Waals surface area (Å²) in [5.74, 6) is 0. The van der Waals surface area contributed by atoms with Crippen molar-refractivity contribution in [3.05, 3.63) is 108 Å². The summed E-state index contributed by atoms with van der Waals surface area (Å²) in [7, 11) is 0. The van der Waals surface area contributed by atoms with E-state index in [1.165, 1.54) is 16.7 Å². The summed E-state index contributed by atoms with van der Waals surface area (Å²) in [6.45, 7) is 5.07. The molecular formula is C26H28N2O2. The normalized spacial score (nSPS) is 15.0. The fraction of sp³-hybridized carbons (Fsp3) is 0.269. The van der Waals surface area contributed by atoms with Gasteiger partial charge in [-0.25, -0.2) is 4.79 Å². The summed E-state index contributed by atoms with van der Waals surface area (Å²) in [5, 5.41) is 0. The third-order valence-electron chi connectivity index (χ3n) is 5.85. The third-order valence-corrected chi connectivity index (χ3v) is 5.85. The Morgan fingerprint density at radius 3 is 1.50 bits per heavy atom. The van der Waals surface area contributed by atoms with Crippen LogP contribution in [-0.2, 0) is 10.3 Å². The molecule has 1 amide bonds. The van der Waals surface area contributed by atoms with Crippen LogP contribution >= 0.6 is 0 Å². The Morgan fingerprint density at radius 1 is 0.733 bits per heavy atom. The van der Waals surface area contributed by atoms with Gasteiger partial charge in [0.1, 0.15) is 0 Å². The lowest BCUT2D eigenvalue weighted by molar-refractivity contribution is 0.0541. The molecule has 0 unspecified atom stereocenters. The lowest BCUT2D eigenvalue weighted by Crippen LogP contribution is -2.57. The summed E-state index contributed by atoms with van der Waals surface area (Å²) in [6, 6.07) is 32.0. The minimum absolute atomic E-state index is 0.220. The number of amides is 1. The zero-order valence-electron chi connectivity index (χ0n) is 17.4. The van der Waals surface area contributed by atoms with Crippen molar-refractivity contribution >= 4 is 6.09 Å². The van der Waals surface area contributed by atoms with E-state index < -0.39 is 5.54 Å². The van der Waals surface area contributed by atoms with Gasteiger partial charge in [-0.2, -0.15) is 0 Å². The second kappa shape index (κ2) is 9.14. The Labute approximate surface area is 178 Å². The van der Waals surface area contributed by atoms with E-state index in [0.717, 1.165) is 13.1 Å². The molecule has 4 rings (SSSR count). The highest BCUT2D eigenvalue weighted by Crippen LogP contribution is 2.42. The highest BCUT2D eigenvalue weighted by atomic mass is 16.6. The standard InChI is InChI=1S/C26H28N2O2/c1-2-30-25(29)27-18-20-28(21-19-27)26(22-12-6-3-7-13-22,23-14-8-4-9-15-23)24-16-10-5-11-17-24/h3-17H,2,18-21H2,1H3. The van der Waals surface area contributed by atoms with E-state index in [4.69, 9.17) is 4.74 Å². The number of benzene rings is 3. The molecule has 4 heteroatoms. The molecule has 1 fully saturated rings. The van der Waals surface area contributed by atoms with Gasteiger partial charge >= 0.3 is 6.09 Å². The maximum atomic E-state index is 12.2. The van der Waals surface area contributed by atoms with Gasteiger partial charge in [0.2, 0.25) is 0 Å². The van der Waals surface area contributed by atoms with Crippen molar-refractivity contribution < 1.29 is 9.53 Å². The molecule has 4 nitrogen and oxygen atoms in total. The van der Waals surface area contributed by atoms with Gasteiger partial charge in [-0.1, -0.05) is 91.0 Å². The van der Waals surface area contributed by atoms with Crippen LogP contribution in [0.25, 0.3) is 0 Å². The van der Waals surface area contributed by atoms with Crippen molar-refractivity contribution in [1.29, 1.82) is 0 Å². The molecule has 0 radical (unpaired) electrons. The molecule has 1 saturated heterocycles. The van der Waals surface area contributed by atoms with Gasteiger partial charge in [0.25, 0.3) is 0 Å². The Kier molecular flexibility index (Phi) is 6.15. The lowest BCUT2D eigenvalue weighted by Gasteiger charge is -2.48. The van der Waals surface area contributed by atoms with Crippen LogP contribution in [0.3, 0.4) is 0 Å². The van der Waals surface area contributed by atoms with Gasteiger partial charge in [-0.05, 0) is 23.6 Å². The van der Waals surface area contributed by atoms with Crippen molar-refractivity contribution in [2.24, 2.45) is 0 Å². The van der Waals surface area contributed by atoms with Crippen molar-refractivity contribution in [2.45, 2.75) is 12.5 Å². The molecule has 0 bridgehead atoms. The van der Waals surface area contributed by atoms with Gasteiger partial charge in [0.05, 0.1) is 12.1 Å². The molecule has 0 N–H and O–H groups in total. The average molecular weight is 401 g/mol. The second-order valence-electron chi connectivity index (χ2n) is 7.48. The molecule has 0 atom stereocenters. The van der Waals surface area contributed by atoms with Crippen LogP contribution in [0.5, 0.6) is 0 Å². The number of piperazine rings is 1. The van der Waals surface area contributed by atoms with Gasteiger partial charge in [-0.15, -0.1) is 0 Å². The summed E-state index contributed by atoms with van der Waals surface area (Å²) in [4.78, 5) is 16.6. The van der Waals surface area contributed by atoms with Gasteiger partial charge in [0.15, 0.2) is 0 Å². The molecule has 0 aliphatic carbocycles. The first-order valence-corrected chi connectivity index (χ1v) is 10.6. The number of carbonyl (C=O) groups excluding carboxylic acids is 1. The number of ether oxygens (including phenoxy) is 1. The zero-order chi connectivity index (χ0) is 20.8. The molecule has 3 aromatic carbocycles. The third kappa shape index (κ3) is 3.71. The van der Waals surface area contributed by atoms with Gasteiger partial charge in [-0.3, -0.25) is 4.90 Å². The molecule has 1 aliphatic heterocycles. The highest BCUT2D eigenvalue weighted by molar-refractivity contribution is 5.67. The maximum Gasteiger partial charge on any atom is 0.409 e. The van der Waals surface area contributed by atoms with Crippen LogP contribution in [0.4, 0.5) is 4.79 Å². The van der Waals surface area contributed by atoms with E-state index in [9.17, 15) is 4.79 Å². The predicted octanol–water partition coefficient (Wildman–Crippen LogP) is 4.75. The van der Waals surface area contributed by atoms with E-state index in [-0.39, 0.29) is 6.09 Å². The van der Waals surface area contributed by atoms with Crippen LogP contribution in [-0.4, -0.2) is 48.7 Å². The Morgan fingerprint density at radius 2 is 1.13 bits per heavy atom. The topological polar surface area (TPSA) is 32.8 Å². The minimum atomic E-state index is -0.426. The van der Waals surface area contributed by atoms with E-state index in [2.05, 4.69) is 95.9 Å². The SMILES string of the molecule is CCOC(=O)N1CCN(C(c2ccccc2)(c2ccccc2)c2ccccc2)CC1. The number of hydrogen-bond donors (Lipinski definition) is 0. The Bertz CT molecular complexity index is 840. The quantitative estimate of drug-likeness (QED) is 0.579. The smallest absolute Gasteiger partial charge is 0.409 e. The number of carbonyl (C=O) groups is 1. The summed E-state index contributed by atoms with van der Waals surface area (Å²) in [5.41, 5.74) is 3.26. The van der Waals surface area contributed by atoms with E-state index in [0.29, 0.717) is 19.7 Å². The zero-order valence-corrected chi connectivity index (χ0v) is 17.4. The molecule has 154 valence electrons. The molecule has 0 saturated carbocycles. The second-order valence-corrected chi connectivity index (χ2v) is 7.48. The maximum absolute atomic E-state index is 12.2. The summed E-state index contributed by atoms with van der Waals surface area (Å²) >= 11 is 0. The minimum Gasteiger partial charge on any atom is -0.450 e. The molecule has 0 aromatic heterocycles. The summed E-state index contributed by atoms with van der Waals surface area (Å²) in [6.07, 6.45) is -0.220. The van der Waals surface area contributed by atoms with E-state index in [1.807, 2.05) is 11.8 Å². The number of rotatable bonds is 5. The van der Waals surface area contributed by atoms with Crippen LogP contribution in [0.1, 0.15) is 23.6 Å². The molecule has 30 heavy (non-hydrogen) atoms. The fourth-order valence-corrected chi connectivity index (χ4v) is 4.52. The largest absolute Gasteiger partial charge is 0.450 e. The predicted molar refractivity (Wildman–Crippen MR) is 119 cm³/mol. The van der Waals surface area contributed by atoms with Crippen molar-refractivity contribution in [1.82, 2.24) is 9.80 Å². The average Bonchev–Trinajstić information content (AvgIpc) is 2.82. The van der Waals surface area contributed by atoms with Crippen LogP contribution in [0.2, 0.25) is 0 Å². The molecule has 3 aromatic rings. The van der Waals surface area contributed by atoms with Gasteiger partial charge in [0, 0.05) is 26.2 Å². The first-order valence-electron chi connectivity index (χ1n) is 10.6. The van der Waals surface area contributed by atoms with Crippen LogP contribution < -0.4 is 0 Å². The van der Waals surface area contributed by atoms with Crippen LogP contribution in [0.15, 0.2) is 91.0 Å². The first-order chi connectivity index (χ1) is 14.8. The fourth-order valence-electron chi connectivity index (χ4n) is 4.52. The van der Waals surface area contributed by atoms with Crippen molar-refractivity contribution in [2.75, 3.05) is 32.8 Å². The monoisotopic (exact) mass is 400 g/mol. The summed E-state index contributed by atoms with van der Waals surface area (Å²) < 4.78 is 5.22. The Balaban J connectivity index is 1.81. The first kappa shape index (κ1) is 20.2. The van der Waals surface area contributed by atoms with E-state index in [1.54, 1.807) is 0 Å². The molecule has 1 heterocycles. The highest BCUT2D eigenvalue weighted by Gasteiger charge is 2.43. The molecule has 0 spiro atoms. The molecule has 1 aliphatic rings. The van der Waals surface area contributed by atoms with Crippen LogP contribution in [0, 0.1) is 0 Å². The van der Waals surface area contributed by atoms with Crippen molar-refractivity contribution in [3.8, 4) is 0 Å². The van der Waals surface area contributed by atoms with Gasteiger partial charge < -0.3 is 9.64 Å². The molecular weight excluding hydrogens is 372 g/mol.